The molecule has 2 aliphatic rings. The lowest BCUT2D eigenvalue weighted by atomic mass is 9.96. The van der Waals surface area contributed by atoms with Crippen LogP contribution in [0.15, 0.2) is 24.3 Å². The largest absolute Gasteiger partial charge is 0.493 e. The first-order valence-electron chi connectivity index (χ1n) is 10.1. The number of hydrogen-bond donors (Lipinski definition) is 1. The Morgan fingerprint density at radius 3 is 2.70 bits per heavy atom. The maximum absolute atomic E-state index is 13.1. The van der Waals surface area contributed by atoms with E-state index < -0.39 is 0 Å². The monoisotopic (exact) mass is 375 g/mol. The van der Waals surface area contributed by atoms with Gasteiger partial charge in [0.05, 0.1) is 12.2 Å². The number of ether oxygens (including phenoxy) is 1. The molecule has 0 radical (unpaired) electrons. The maximum Gasteiger partial charge on any atom is 0.257 e. The molecule has 27 heavy (non-hydrogen) atoms. The van der Waals surface area contributed by atoms with Crippen molar-refractivity contribution in [3.8, 4) is 5.75 Å². The Bertz CT molecular complexity index is 624. The first kappa shape index (κ1) is 20.1. The summed E-state index contributed by atoms with van der Waals surface area (Å²) in [5.74, 6) is 1.12. The van der Waals surface area contributed by atoms with Crippen LogP contribution in [0.5, 0.6) is 5.75 Å². The van der Waals surface area contributed by atoms with Gasteiger partial charge in [-0.3, -0.25) is 4.79 Å². The summed E-state index contributed by atoms with van der Waals surface area (Å²) in [6.07, 6.45) is 1.18. The van der Waals surface area contributed by atoms with Gasteiger partial charge < -0.3 is 24.5 Å². The van der Waals surface area contributed by atoms with E-state index in [1.165, 1.54) is 6.42 Å². The van der Waals surface area contributed by atoms with Crippen LogP contribution in [0.3, 0.4) is 0 Å². The number of likely N-dealkylation sites (N-methyl/N-ethyl adjacent to an activating group) is 1. The smallest absolute Gasteiger partial charge is 0.257 e. The van der Waals surface area contributed by atoms with E-state index in [0.29, 0.717) is 36.9 Å². The van der Waals surface area contributed by atoms with Crippen LogP contribution in [0.25, 0.3) is 0 Å². The highest BCUT2D eigenvalue weighted by Crippen LogP contribution is 2.28. The Kier molecular flexibility index (Phi) is 7.10. The zero-order valence-corrected chi connectivity index (χ0v) is 16.6. The highest BCUT2D eigenvalue weighted by Gasteiger charge is 2.36. The average Bonchev–Trinajstić information content (AvgIpc) is 2.97. The number of aliphatic hydroxyl groups is 1. The molecule has 1 aromatic rings. The summed E-state index contributed by atoms with van der Waals surface area (Å²) in [7, 11) is 2.17. The molecule has 150 valence electrons. The number of aliphatic hydroxyl groups excluding tert-OH is 1. The van der Waals surface area contributed by atoms with Crippen LogP contribution in [0.4, 0.5) is 0 Å². The SMILES string of the molecule is CCOc1ccccc1C(=O)N1CC(CO)C(CN2CCCN(C)CC2)C1. The lowest BCUT2D eigenvalue weighted by molar-refractivity contribution is 0.0775. The van der Waals surface area contributed by atoms with Crippen LogP contribution in [0, 0.1) is 11.8 Å². The van der Waals surface area contributed by atoms with Gasteiger partial charge in [0.15, 0.2) is 0 Å². The van der Waals surface area contributed by atoms with Crippen molar-refractivity contribution in [3.05, 3.63) is 29.8 Å². The van der Waals surface area contributed by atoms with Crippen LogP contribution in [0.2, 0.25) is 0 Å². The second-order valence-electron chi connectivity index (χ2n) is 7.80. The molecular formula is C21H33N3O3. The normalized spacial score (nSPS) is 24.8. The number of rotatable bonds is 6. The minimum atomic E-state index is 0.00981. The first-order chi connectivity index (χ1) is 13.1. The Balaban J connectivity index is 1.66. The molecule has 0 aliphatic carbocycles. The summed E-state index contributed by atoms with van der Waals surface area (Å²) in [6, 6.07) is 7.45. The van der Waals surface area contributed by atoms with Gasteiger partial charge in [-0.05, 0) is 51.5 Å². The van der Waals surface area contributed by atoms with E-state index in [1.807, 2.05) is 36.1 Å². The standard InChI is InChI=1S/C21H33N3O3/c1-3-27-20-8-5-4-7-19(20)21(26)24-14-17(18(15-24)16-25)13-23-10-6-9-22(2)11-12-23/h4-5,7-8,17-18,25H,3,6,9-16H2,1-2H3. The highest BCUT2D eigenvalue weighted by molar-refractivity contribution is 5.97. The molecule has 6 heteroatoms. The third-order valence-electron chi connectivity index (χ3n) is 5.82. The third-order valence-corrected chi connectivity index (χ3v) is 5.82. The molecule has 2 saturated heterocycles. The minimum Gasteiger partial charge on any atom is -0.493 e. The predicted molar refractivity (Wildman–Crippen MR) is 106 cm³/mol. The molecule has 3 rings (SSSR count). The van der Waals surface area contributed by atoms with Crippen molar-refractivity contribution in [1.29, 1.82) is 0 Å². The van der Waals surface area contributed by atoms with Crippen molar-refractivity contribution < 1.29 is 14.6 Å². The summed E-state index contributed by atoms with van der Waals surface area (Å²) in [5, 5.41) is 9.88. The predicted octanol–water partition coefficient (Wildman–Crippen LogP) is 1.40. The molecule has 0 saturated carbocycles. The number of hydrogen-bond acceptors (Lipinski definition) is 5. The number of benzene rings is 1. The highest BCUT2D eigenvalue weighted by atomic mass is 16.5. The molecule has 6 nitrogen and oxygen atoms in total. The number of carbonyl (C=O) groups is 1. The summed E-state index contributed by atoms with van der Waals surface area (Å²) in [5.41, 5.74) is 0.619. The summed E-state index contributed by atoms with van der Waals surface area (Å²) in [6.45, 7) is 9.26. The van der Waals surface area contributed by atoms with Crippen LogP contribution in [-0.2, 0) is 0 Å². The molecule has 0 aromatic heterocycles. The van der Waals surface area contributed by atoms with Gasteiger partial charge in [0, 0.05) is 45.2 Å². The van der Waals surface area contributed by atoms with E-state index in [9.17, 15) is 9.90 Å². The van der Waals surface area contributed by atoms with E-state index >= 15 is 0 Å². The molecule has 0 bridgehead atoms. The molecule has 2 atom stereocenters. The van der Waals surface area contributed by atoms with Crippen molar-refractivity contribution in [2.45, 2.75) is 13.3 Å². The van der Waals surface area contributed by atoms with Crippen molar-refractivity contribution >= 4 is 5.91 Å². The fourth-order valence-electron chi connectivity index (χ4n) is 4.23. The van der Waals surface area contributed by atoms with Gasteiger partial charge in [0.2, 0.25) is 0 Å². The Morgan fingerprint density at radius 1 is 1.15 bits per heavy atom. The van der Waals surface area contributed by atoms with Crippen LogP contribution in [-0.4, -0.2) is 91.8 Å². The zero-order valence-electron chi connectivity index (χ0n) is 16.6. The zero-order chi connectivity index (χ0) is 19.2. The maximum atomic E-state index is 13.1. The molecule has 1 amide bonds. The molecule has 2 fully saturated rings. The Morgan fingerprint density at radius 2 is 1.93 bits per heavy atom. The second-order valence-corrected chi connectivity index (χ2v) is 7.80. The van der Waals surface area contributed by atoms with E-state index in [4.69, 9.17) is 4.74 Å². The molecule has 2 aliphatic heterocycles. The fourth-order valence-corrected chi connectivity index (χ4v) is 4.23. The third kappa shape index (κ3) is 5.00. The van der Waals surface area contributed by atoms with Crippen LogP contribution in [0.1, 0.15) is 23.7 Å². The molecular weight excluding hydrogens is 342 g/mol. The van der Waals surface area contributed by atoms with Gasteiger partial charge in [0.1, 0.15) is 5.75 Å². The fraction of sp³-hybridized carbons (Fsp3) is 0.667. The molecule has 0 spiro atoms. The number of amides is 1. The second kappa shape index (κ2) is 9.53. The first-order valence-corrected chi connectivity index (χ1v) is 10.1. The lowest BCUT2D eigenvalue weighted by Gasteiger charge is -2.26. The van der Waals surface area contributed by atoms with Gasteiger partial charge in [-0.15, -0.1) is 0 Å². The van der Waals surface area contributed by atoms with Gasteiger partial charge in [-0.25, -0.2) is 0 Å². The van der Waals surface area contributed by atoms with Crippen molar-refractivity contribution in [2.24, 2.45) is 11.8 Å². The molecule has 1 N–H and O–H groups in total. The van der Waals surface area contributed by atoms with E-state index in [2.05, 4.69) is 16.8 Å². The number of para-hydroxylation sites is 1. The quantitative estimate of drug-likeness (QED) is 0.815. The topological polar surface area (TPSA) is 56.2 Å². The van der Waals surface area contributed by atoms with Crippen molar-refractivity contribution in [2.75, 3.05) is 66.1 Å². The van der Waals surface area contributed by atoms with Crippen LogP contribution < -0.4 is 4.74 Å². The minimum absolute atomic E-state index is 0.00981. The number of carbonyl (C=O) groups excluding carboxylic acids is 1. The van der Waals surface area contributed by atoms with Gasteiger partial charge >= 0.3 is 0 Å². The Hall–Kier alpha value is -1.63. The van der Waals surface area contributed by atoms with Gasteiger partial charge in [-0.1, -0.05) is 12.1 Å². The lowest BCUT2D eigenvalue weighted by Crippen LogP contribution is -2.36. The number of nitrogens with zero attached hydrogens (tertiary/aromatic N) is 3. The summed E-state index contributed by atoms with van der Waals surface area (Å²) < 4.78 is 5.63. The van der Waals surface area contributed by atoms with E-state index in [1.54, 1.807) is 0 Å². The Labute approximate surface area is 162 Å². The summed E-state index contributed by atoms with van der Waals surface area (Å²) >= 11 is 0. The van der Waals surface area contributed by atoms with Crippen molar-refractivity contribution in [1.82, 2.24) is 14.7 Å². The van der Waals surface area contributed by atoms with E-state index in [0.717, 1.165) is 32.7 Å². The van der Waals surface area contributed by atoms with Crippen molar-refractivity contribution in [3.63, 3.8) is 0 Å². The van der Waals surface area contributed by atoms with Crippen LogP contribution >= 0.6 is 0 Å². The van der Waals surface area contributed by atoms with Gasteiger partial charge in [-0.2, -0.15) is 0 Å². The van der Waals surface area contributed by atoms with E-state index in [-0.39, 0.29) is 18.4 Å². The molecule has 2 unspecified atom stereocenters. The molecule has 2 heterocycles. The average molecular weight is 376 g/mol. The number of likely N-dealkylation sites (tertiary alicyclic amines) is 1. The summed E-state index contributed by atoms with van der Waals surface area (Å²) in [4.78, 5) is 19.9. The van der Waals surface area contributed by atoms with Gasteiger partial charge in [0.25, 0.3) is 5.91 Å². The molecule has 1 aromatic carbocycles.